The number of esters is 1. The maximum Gasteiger partial charge on any atom is 0.305 e. The molecule has 0 heterocycles. The molecule has 0 fully saturated rings. The Bertz CT molecular complexity index is 176. The van der Waals surface area contributed by atoms with Gasteiger partial charge in [0.2, 0.25) is 0 Å². The zero-order chi connectivity index (χ0) is 11.7. The summed E-state index contributed by atoms with van der Waals surface area (Å²) < 4.78 is 5.16. The van der Waals surface area contributed by atoms with Gasteiger partial charge in [0.05, 0.1) is 6.61 Å². The summed E-state index contributed by atoms with van der Waals surface area (Å²) in [5.74, 6) is -0.116. The Labute approximate surface area is 92.8 Å². The predicted molar refractivity (Wildman–Crippen MR) is 60.6 cm³/mol. The van der Waals surface area contributed by atoms with E-state index < -0.39 is 0 Å². The summed E-state index contributed by atoms with van der Waals surface area (Å²) in [5, 5.41) is 8.80. The Hall–Kier alpha value is -0.570. The van der Waals surface area contributed by atoms with E-state index in [0.717, 1.165) is 19.3 Å². The van der Waals surface area contributed by atoms with Crippen molar-refractivity contribution in [3.63, 3.8) is 0 Å². The van der Waals surface area contributed by atoms with E-state index in [2.05, 4.69) is 6.92 Å². The highest BCUT2D eigenvalue weighted by Gasteiger charge is 2.19. The zero-order valence-corrected chi connectivity index (χ0v) is 10.2. The van der Waals surface area contributed by atoms with Gasteiger partial charge in [0.15, 0.2) is 0 Å². The maximum atomic E-state index is 11.3. The molecule has 0 saturated carbocycles. The summed E-state index contributed by atoms with van der Waals surface area (Å²) in [4.78, 5) is 11.3. The van der Waals surface area contributed by atoms with Crippen LogP contribution in [0.3, 0.4) is 0 Å². The van der Waals surface area contributed by atoms with Crippen molar-refractivity contribution in [3.05, 3.63) is 0 Å². The molecule has 0 spiro atoms. The Morgan fingerprint density at radius 1 is 1.33 bits per heavy atom. The van der Waals surface area contributed by atoms with E-state index >= 15 is 0 Å². The van der Waals surface area contributed by atoms with E-state index in [1.165, 1.54) is 0 Å². The topological polar surface area (TPSA) is 46.5 Å². The highest BCUT2D eigenvalue weighted by Crippen LogP contribution is 2.20. The van der Waals surface area contributed by atoms with Crippen molar-refractivity contribution in [2.45, 2.75) is 52.9 Å². The second-order valence-electron chi connectivity index (χ2n) is 4.76. The molecule has 90 valence electrons. The van der Waals surface area contributed by atoms with Crippen LogP contribution in [0.2, 0.25) is 0 Å². The summed E-state index contributed by atoms with van der Waals surface area (Å²) in [6.07, 6.45) is 4.28. The average Bonchev–Trinajstić information content (AvgIpc) is 2.15. The fourth-order valence-corrected chi connectivity index (χ4v) is 1.24. The van der Waals surface area contributed by atoms with Crippen LogP contribution in [-0.2, 0) is 9.53 Å². The number of aliphatic hydroxyl groups excluding tert-OH is 1. The molecule has 0 rings (SSSR count). The molecular formula is C12H24O3. The van der Waals surface area contributed by atoms with Gasteiger partial charge in [-0.05, 0) is 12.8 Å². The summed E-state index contributed by atoms with van der Waals surface area (Å²) in [5.41, 5.74) is -0.116. The van der Waals surface area contributed by atoms with E-state index in [-0.39, 0.29) is 18.0 Å². The van der Waals surface area contributed by atoms with Crippen LogP contribution in [0.4, 0.5) is 0 Å². The van der Waals surface area contributed by atoms with Crippen LogP contribution in [0.1, 0.15) is 52.9 Å². The molecule has 0 radical (unpaired) electrons. The Balaban J connectivity index is 3.60. The van der Waals surface area contributed by atoms with Crippen LogP contribution < -0.4 is 0 Å². The van der Waals surface area contributed by atoms with E-state index in [1.54, 1.807) is 0 Å². The van der Waals surface area contributed by atoms with Crippen LogP contribution >= 0.6 is 0 Å². The van der Waals surface area contributed by atoms with E-state index in [4.69, 9.17) is 9.84 Å². The van der Waals surface area contributed by atoms with E-state index in [0.29, 0.717) is 19.4 Å². The first kappa shape index (κ1) is 14.4. The molecule has 0 bridgehead atoms. The Morgan fingerprint density at radius 2 is 2.00 bits per heavy atom. The molecule has 0 aromatic rings. The lowest BCUT2D eigenvalue weighted by atomic mass is 9.91. The van der Waals surface area contributed by atoms with Gasteiger partial charge < -0.3 is 9.84 Å². The van der Waals surface area contributed by atoms with Gasteiger partial charge in [-0.2, -0.15) is 0 Å². The number of hydrogen-bond donors (Lipinski definition) is 1. The summed E-state index contributed by atoms with van der Waals surface area (Å²) in [7, 11) is 0. The molecule has 0 atom stereocenters. The molecule has 0 saturated heterocycles. The second-order valence-corrected chi connectivity index (χ2v) is 4.76. The lowest BCUT2D eigenvalue weighted by molar-refractivity contribution is -0.147. The van der Waals surface area contributed by atoms with Gasteiger partial charge in [0.1, 0.15) is 0 Å². The minimum Gasteiger partial charge on any atom is -0.465 e. The first-order valence-electron chi connectivity index (χ1n) is 5.78. The van der Waals surface area contributed by atoms with Crippen LogP contribution in [0.15, 0.2) is 0 Å². The molecule has 0 aliphatic heterocycles. The molecule has 3 nitrogen and oxygen atoms in total. The third-order valence-corrected chi connectivity index (χ3v) is 2.40. The van der Waals surface area contributed by atoms with Crippen LogP contribution in [0.25, 0.3) is 0 Å². The van der Waals surface area contributed by atoms with E-state index in [9.17, 15) is 4.79 Å². The van der Waals surface area contributed by atoms with Gasteiger partial charge >= 0.3 is 5.97 Å². The highest BCUT2D eigenvalue weighted by atomic mass is 16.5. The molecule has 15 heavy (non-hydrogen) atoms. The van der Waals surface area contributed by atoms with Crippen molar-refractivity contribution in [2.24, 2.45) is 5.41 Å². The monoisotopic (exact) mass is 216 g/mol. The number of aliphatic hydroxyl groups is 1. The van der Waals surface area contributed by atoms with Crippen molar-refractivity contribution in [1.82, 2.24) is 0 Å². The summed E-state index contributed by atoms with van der Waals surface area (Å²) in [6, 6.07) is 0. The molecular weight excluding hydrogens is 192 g/mol. The van der Waals surface area contributed by atoms with Crippen molar-refractivity contribution >= 4 is 5.97 Å². The average molecular weight is 216 g/mol. The minimum absolute atomic E-state index is 0.116. The molecule has 0 aromatic heterocycles. The van der Waals surface area contributed by atoms with Crippen LogP contribution in [0.5, 0.6) is 0 Å². The maximum absolute atomic E-state index is 11.3. The van der Waals surface area contributed by atoms with E-state index in [1.807, 2.05) is 13.8 Å². The molecule has 0 amide bonds. The predicted octanol–water partition coefficient (Wildman–Crippen LogP) is 2.52. The van der Waals surface area contributed by atoms with Gasteiger partial charge in [-0.1, -0.05) is 33.6 Å². The number of hydrogen-bond acceptors (Lipinski definition) is 3. The van der Waals surface area contributed by atoms with Crippen molar-refractivity contribution in [2.75, 3.05) is 13.2 Å². The highest BCUT2D eigenvalue weighted by molar-refractivity contribution is 5.69. The largest absolute Gasteiger partial charge is 0.465 e. The quantitative estimate of drug-likeness (QED) is 0.501. The standard InChI is InChI=1S/C12H24O3/c1-4-5-6-7-11(14)15-10-12(2,3)8-9-13/h13H,4-10H2,1-3H3. The molecule has 0 aliphatic carbocycles. The van der Waals surface area contributed by atoms with Gasteiger partial charge in [-0.25, -0.2) is 0 Å². The summed E-state index contributed by atoms with van der Waals surface area (Å²) >= 11 is 0. The fourth-order valence-electron chi connectivity index (χ4n) is 1.24. The summed E-state index contributed by atoms with van der Waals surface area (Å²) in [6.45, 7) is 6.62. The number of rotatable bonds is 8. The smallest absolute Gasteiger partial charge is 0.305 e. The Morgan fingerprint density at radius 3 is 2.53 bits per heavy atom. The lowest BCUT2D eigenvalue weighted by Crippen LogP contribution is -2.23. The van der Waals surface area contributed by atoms with Crippen molar-refractivity contribution in [3.8, 4) is 0 Å². The second kappa shape index (κ2) is 7.69. The normalized spacial score (nSPS) is 11.5. The molecule has 0 unspecified atom stereocenters. The van der Waals surface area contributed by atoms with Crippen LogP contribution in [0, 0.1) is 5.41 Å². The number of ether oxygens (including phenoxy) is 1. The minimum atomic E-state index is -0.116. The first-order valence-corrected chi connectivity index (χ1v) is 5.78. The Kier molecular flexibility index (Phi) is 7.39. The molecule has 1 N–H and O–H groups in total. The van der Waals surface area contributed by atoms with Gasteiger partial charge in [0, 0.05) is 18.4 Å². The zero-order valence-electron chi connectivity index (χ0n) is 10.2. The SMILES string of the molecule is CCCCCC(=O)OCC(C)(C)CCO. The third-order valence-electron chi connectivity index (χ3n) is 2.40. The molecule has 0 aliphatic rings. The molecule has 0 aromatic carbocycles. The number of unbranched alkanes of at least 4 members (excludes halogenated alkanes) is 2. The molecule has 3 heteroatoms. The first-order chi connectivity index (χ1) is 7.02. The number of carbonyl (C=O) groups is 1. The number of carbonyl (C=O) groups excluding carboxylic acids is 1. The van der Waals surface area contributed by atoms with Crippen LogP contribution in [-0.4, -0.2) is 24.3 Å². The van der Waals surface area contributed by atoms with Gasteiger partial charge in [-0.3, -0.25) is 4.79 Å². The lowest BCUT2D eigenvalue weighted by Gasteiger charge is -2.22. The third kappa shape index (κ3) is 8.43. The van der Waals surface area contributed by atoms with Gasteiger partial charge in [0.25, 0.3) is 0 Å². The van der Waals surface area contributed by atoms with Crippen molar-refractivity contribution in [1.29, 1.82) is 0 Å². The van der Waals surface area contributed by atoms with Gasteiger partial charge in [-0.15, -0.1) is 0 Å². The van der Waals surface area contributed by atoms with Crippen molar-refractivity contribution < 1.29 is 14.6 Å². The fraction of sp³-hybridized carbons (Fsp3) is 0.917.